The number of benzene rings is 1. The van der Waals surface area contributed by atoms with E-state index in [1.54, 1.807) is 20.8 Å². The van der Waals surface area contributed by atoms with Crippen LogP contribution in [-0.4, -0.2) is 34.0 Å². The van der Waals surface area contributed by atoms with Crippen LogP contribution in [0.15, 0.2) is 18.2 Å². The van der Waals surface area contributed by atoms with E-state index >= 15 is 0 Å². The number of amides is 1. The number of hydrogen-bond donors (Lipinski definition) is 1. The number of aliphatic carboxylic acids is 1. The first-order chi connectivity index (χ1) is 9.62. The first-order valence-electron chi connectivity index (χ1n) is 6.58. The van der Waals surface area contributed by atoms with Gasteiger partial charge < -0.3 is 10.0 Å². The fourth-order valence-electron chi connectivity index (χ4n) is 1.99. The zero-order valence-corrected chi connectivity index (χ0v) is 13.1. The van der Waals surface area contributed by atoms with Crippen LogP contribution in [0.5, 0.6) is 0 Å². The highest BCUT2D eigenvalue weighted by molar-refractivity contribution is 6.31. The molecule has 0 aromatic heterocycles. The SMILES string of the molecule is CC(C)(C)N(CCC(=O)O)C(=O)Cc1c(F)cccc1Cl. The maximum Gasteiger partial charge on any atom is 0.305 e. The minimum Gasteiger partial charge on any atom is -0.481 e. The van der Waals surface area contributed by atoms with Crippen LogP contribution >= 0.6 is 11.6 Å². The molecule has 0 atom stereocenters. The number of carboxylic acid groups (broad SMARTS) is 1. The monoisotopic (exact) mass is 315 g/mol. The van der Waals surface area contributed by atoms with Crippen molar-refractivity contribution in [1.29, 1.82) is 0 Å². The van der Waals surface area contributed by atoms with Crippen molar-refractivity contribution in [3.63, 3.8) is 0 Å². The standard InChI is InChI=1S/C15H19ClFNO3/c1-15(2,3)18(8-7-14(20)21)13(19)9-10-11(16)5-4-6-12(10)17/h4-6H,7-9H2,1-3H3,(H,20,21). The molecule has 0 aliphatic rings. The second kappa shape index (κ2) is 6.89. The molecule has 0 aliphatic heterocycles. The molecule has 1 aromatic carbocycles. The quantitative estimate of drug-likeness (QED) is 0.908. The Labute approximate surface area is 128 Å². The van der Waals surface area contributed by atoms with Gasteiger partial charge >= 0.3 is 5.97 Å². The van der Waals surface area contributed by atoms with Crippen LogP contribution in [0.25, 0.3) is 0 Å². The molecule has 21 heavy (non-hydrogen) atoms. The van der Waals surface area contributed by atoms with Crippen molar-refractivity contribution in [2.75, 3.05) is 6.54 Å². The van der Waals surface area contributed by atoms with Gasteiger partial charge in [0.15, 0.2) is 0 Å². The Morgan fingerprint density at radius 3 is 2.43 bits per heavy atom. The van der Waals surface area contributed by atoms with E-state index in [1.807, 2.05) is 0 Å². The van der Waals surface area contributed by atoms with Gasteiger partial charge in [0.1, 0.15) is 5.82 Å². The summed E-state index contributed by atoms with van der Waals surface area (Å²) >= 11 is 5.92. The van der Waals surface area contributed by atoms with E-state index in [0.717, 1.165) is 0 Å². The van der Waals surface area contributed by atoms with E-state index in [9.17, 15) is 14.0 Å². The molecular formula is C15H19ClFNO3. The molecule has 0 saturated heterocycles. The number of carbonyl (C=O) groups is 2. The predicted octanol–water partition coefficient (Wildman–Crippen LogP) is 3.12. The van der Waals surface area contributed by atoms with Crippen LogP contribution in [0.4, 0.5) is 4.39 Å². The molecule has 0 unspecified atom stereocenters. The summed E-state index contributed by atoms with van der Waals surface area (Å²) in [5.41, 5.74) is -0.418. The van der Waals surface area contributed by atoms with Gasteiger partial charge in [-0.2, -0.15) is 0 Å². The molecule has 1 aromatic rings. The Bertz CT molecular complexity index is 520. The van der Waals surface area contributed by atoms with Crippen LogP contribution in [-0.2, 0) is 16.0 Å². The molecule has 0 radical (unpaired) electrons. The first kappa shape index (κ1) is 17.4. The second-order valence-corrected chi connectivity index (χ2v) is 6.14. The number of hydrogen-bond acceptors (Lipinski definition) is 2. The van der Waals surface area contributed by atoms with Gasteiger partial charge in [0.25, 0.3) is 0 Å². The lowest BCUT2D eigenvalue weighted by molar-refractivity contribution is -0.140. The average molecular weight is 316 g/mol. The van der Waals surface area contributed by atoms with Crippen LogP contribution in [0, 0.1) is 5.82 Å². The first-order valence-corrected chi connectivity index (χ1v) is 6.96. The van der Waals surface area contributed by atoms with E-state index < -0.39 is 17.3 Å². The summed E-state index contributed by atoms with van der Waals surface area (Å²) in [6.07, 6.45) is -0.351. The molecular weight excluding hydrogens is 297 g/mol. The van der Waals surface area contributed by atoms with Gasteiger partial charge in [-0.3, -0.25) is 9.59 Å². The topological polar surface area (TPSA) is 57.6 Å². The molecule has 1 rings (SSSR count). The van der Waals surface area contributed by atoms with Gasteiger partial charge in [0.05, 0.1) is 12.8 Å². The average Bonchev–Trinajstić information content (AvgIpc) is 2.32. The highest BCUT2D eigenvalue weighted by Crippen LogP contribution is 2.22. The van der Waals surface area contributed by atoms with Crippen LogP contribution < -0.4 is 0 Å². The highest BCUT2D eigenvalue weighted by Gasteiger charge is 2.27. The lowest BCUT2D eigenvalue weighted by Crippen LogP contribution is -2.47. The summed E-state index contributed by atoms with van der Waals surface area (Å²) in [4.78, 5) is 24.5. The maximum atomic E-state index is 13.7. The molecule has 0 aliphatic carbocycles. The number of rotatable bonds is 5. The molecule has 0 spiro atoms. The maximum absolute atomic E-state index is 13.7. The van der Waals surface area contributed by atoms with Crippen molar-refractivity contribution in [2.24, 2.45) is 0 Å². The summed E-state index contributed by atoms with van der Waals surface area (Å²) in [6.45, 7) is 5.48. The molecule has 0 saturated carbocycles. The van der Waals surface area contributed by atoms with E-state index in [1.165, 1.54) is 23.1 Å². The molecule has 0 bridgehead atoms. The second-order valence-electron chi connectivity index (χ2n) is 5.74. The lowest BCUT2D eigenvalue weighted by Gasteiger charge is -2.35. The van der Waals surface area contributed by atoms with Gasteiger partial charge in [0, 0.05) is 22.7 Å². The normalized spacial score (nSPS) is 11.3. The van der Waals surface area contributed by atoms with Crippen molar-refractivity contribution in [1.82, 2.24) is 4.90 Å². The zero-order valence-electron chi connectivity index (χ0n) is 12.3. The Hall–Kier alpha value is -1.62. The van der Waals surface area contributed by atoms with Crippen LogP contribution in [0.2, 0.25) is 5.02 Å². The Morgan fingerprint density at radius 2 is 1.95 bits per heavy atom. The fraction of sp³-hybridized carbons (Fsp3) is 0.467. The van der Waals surface area contributed by atoms with Gasteiger partial charge in [-0.05, 0) is 32.9 Å². The molecule has 1 amide bonds. The molecule has 116 valence electrons. The molecule has 0 heterocycles. The van der Waals surface area contributed by atoms with Gasteiger partial charge in [-0.1, -0.05) is 17.7 Å². The number of carbonyl (C=O) groups excluding carboxylic acids is 1. The van der Waals surface area contributed by atoms with E-state index in [0.29, 0.717) is 0 Å². The third-order valence-corrected chi connectivity index (χ3v) is 3.40. The third kappa shape index (κ3) is 5.01. The van der Waals surface area contributed by atoms with Crippen molar-refractivity contribution in [2.45, 2.75) is 39.2 Å². The Balaban J connectivity index is 2.93. The zero-order chi connectivity index (χ0) is 16.2. The van der Waals surface area contributed by atoms with Crippen LogP contribution in [0.1, 0.15) is 32.8 Å². The minimum atomic E-state index is -0.985. The number of halogens is 2. The summed E-state index contributed by atoms with van der Waals surface area (Å²) in [7, 11) is 0. The van der Waals surface area contributed by atoms with Crippen molar-refractivity contribution >= 4 is 23.5 Å². The number of carboxylic acids is 1. The van der Waals surface area contributed by atoms with E-state index in [2.05, 4.69) is 0 Å². The predicted molar refractivity (Wildman–Crippen MR) is 78.8 cm³/mol. The van der Waals surface area contributed by atoms with Crippen molar-refractivity contribution in [3.05, 3.63) is 34.6 Å². The van der Waals surface area contributed by atoms with Crippen molar-refractivity contribution in [3.8, 4) is 0 Å². The molecule has 1 N–H and O–H groups in total. The molecule has 0 fully saturated rings. The van der Waals surface area contributed by atoms with Crippen LogP contribution in [0.3, 0.4) is 0 Å². The minimum absolute atomic E-state index is 0.0732. The molecule has 4 nitrogen and oxygen atoms in total. The summed E-state index contributed by atoms with van der Waals surface area (Å²) < 4.78 is 13.7. The smallest absolute Gasteiger partial charge is 0.305 e. The Kier molecular flexibility index (Phi) is 5.72. The van der Waals surface area contributed by atoms with Gasteiger partial charge in [0.2, 0.25) is 5.91 Å². The Morgan fingerprint density at radius 1 is 1.33 bits per heavy atom. The lowest BCUT2D eigenvalue weighted by atomic mass is 10.0. The summed E-state index contributed by atoms with van der Waals surface area (Å²) in [5.74, 6) is -1.88. The third-order valence-electron chi connectivity index (χ3n) is 3.05. The largest absolute Gasteiger partial charge is 0.481 e. The van der Waals surface area contributed by atoms with E-state index in [4.69, 9.17) is 16.7 Å². The summed E-state index contributed by atoms with van der Waals surface area (Å²) in [5, 5.41) is 8.96. The summed E-state index contributed by atoms with van der Waals surface area (Å²) in [6, 6.07) is 4.23. The molecule has 6 heteroatoms. The highest BCUT2D eigenvalue weighted by atomic mass is 35.5. The fourth-order valence-corrected chi connectivity index (χ4v) is 2.22. The number of nitrogens with zero attached hydrogens (tertiary/aromatic N) is 1. The van der Waals surface area contributed by atoms with Crippen molar-refractivity contribution < 1.29 is 19.1 Å². The van der Waals surface area contributed by atoms with E-state index in [-0.39, 0.29) is 35.9 Å². The van der Waals surface area contributed by atoms with Gasteiger partial charge in [-0.25, -0.2) is 4.39 Å². The van der Waals surface area contributed by atoms with Gasteiger partial charge in [-0.15, -0.1) is 0 Å².